The molecule has 3 aromatic rings. The van der Waals surface area contributed by atoms with E-state index in [1.165, 1.54) is 11.8 Å². The Labute approximate surface area is 202 Å². The van der Waals surface area contributed by atoms with Crippen molar-refractivity contribution in [1.82, 2.24) is 20.1 Å². The highest BCUT2D eigenvalue weighted by Gasteiger charge is 2.25. The van der Waals surface area contributed by atoms with E-state index in [2.05, 4.69) is 27.4 Å². The number of rotatable bonds is 11. The number of nitrogens with zero attached hydrogens (tertiary/aromatic N) is 3. The fourth-order valence-electron chi connectivity index (χ4n) is 3.30. The first-order valence-electron chi connectivity index (χ1n) is 11.1. The van der Waals surface area contributed by atoms with Crippen molar-refractivity contribution in [3.8, 4) is 5.75 Å². The van der Waals surface area contributed by atoms with Crippen LogP contribution in [0.25, 0.3) is 0 Å². The lowest BCUT2D eigenvalue weighted by molar-refractivity contribution is -0.113. The summed E-state index contributed by atoms with van der Waals surface area (Å²) < 4.78 is 7.73. The second kappa shape index (κ2) is 11.0. The molecular formula is C25H27N5O3S. The van der Waals surface area contributed by atoms with Crippen LogP contribution in [0.5, 0.6) is 5.75 Å². The van der Waals surface area contributed by atoms with Gasteiger partial charge in [0.15, 0.2) is 11.0 Å². The Morgan fingerprint density at radius 1 is 1.21 bits per heavy atom. The molecule has 8 nitrogen and oxygen atoms in total. The normalized spacial score (nSPS) is 12.7. The van der Waals surface area contributed by atoms with Gasteiger partial charge in [-0.1, -0.05) is 42.1 Å². The van der Waals surface area contributed by atoms with Crippen LogP contribution in [0.4, 0.5) is 5.69 Å². The summed E-state index contributed by atoms with van der Waals surface area (Å²) in [6.07, 6.45) is 3.75. The number of allylic oxidation sites excluding steroid dienone is 1. The summed E-state index contributed by atoms with van der Waals surface area (Å²) in [5, 5.41) is 14.9. The second-order valence-corrected chi connectivity index (χ2v) is 8.98. The molecule has 2 N–H and O–H groups in total. The molecule has 1 aliphatic rings. The molecule has 176 valence electrons. The van der Waals surface area contributed by atoms with E-state index < -0.39 is 0 Å². The smallest absolute Gasteiger partial charge is 0.253 e. The van der Waals surface area contributed by atoms with Crippen LogP contribution in [0.3, 0.4) is 0 Å². The zero-order chi connectivity index (χ0) is 23.9. The molecule has 34 heavy (non-hydrogen) atoms. The van der Waals surface area contributed by atoms with Crippen molar-refractivity contribution in [3.63, 3.8) is 0 Å². The van der Waals surface area contributed by atoms with Crippen molar-refractivity contribution in [2.45, 2.75) is 44.1 Å². The molecule has 4 rings (SSSR count). The summed E-state index contributed by atoms with van der Waals surface area (Å²) in [4.78, 5) is 25.1. The Balaban J connectivity index is 1.37. The van der Waals surface area contributed by atoms with Crippen molar-refractivity contribution < 1.29 is 14.3 Å². The van der Waals surface area contributed by atoms with Gasteiger partial charge in [0.2, 0.25) is 5.91 Å². The van der Waals surface area contributed by atoms with Crippen molar-refractivity contribution in [2.24, 2.45) is 0 Å². The molecule has 9 heteroatoms. The van der Waals surface area contributed by atoms with Gasteiger partial charge in [-0.3, -0.25) is 14.2 Å². The monoisotopic (exact) mass is 477 g/mol. The Morgan fingerprint density at radius 3 is 2.79 bits per heavy atom. The van der Waals surface area contributed by atoms with Gasteiger partial charge in [0.1, 0.15) is 12.4 Å². The summed E-state index contributed by atoms with van der Waals surface area (Å²) in [5.41, 5.74) is 2.06. The minimum Gasteiger partial charge on any atom is -0.486 e. The summed E-state index contributed by atoms with van der Waals surface area (Å²) >= 11 is 1.27. The first kappa shape index (κ1) is 23.6. The third kappa shape index (κ3) is 6.26. The molecular weight excluding hydrogens is 450 g/mol. The van der Waals surface area contributed by atoms with Crippen LogP contribution in [0.15, 0.2) is 66.3 Å². The molecule has 0 unspecified atom stereocenters. The van der Waals surface area contributed by atoms with Gasteiger partial charge in [-0.2, -0.15) is 0 Å². The number of aryl methyl sites for hydroxylation is 1. The average molecular weight is 478 g/mol. The number of amides is 2. The fraction of sp³-hybridized carbons (Fsp3) is 0.280. The molecule has 1 saturated carbocycles. The van der Waals surface area contributed by atoms with Crippen LogP contribution in [-0.4, -0.2) is 38.4 Å². The number of hydrogen-bond acceptors (Lipinski definition) is 6. The maximum atomic E-state index is 12.6. The van der Waals surface area contributed by atoms with Crippen molar-refractivity contribution in [2.75, 3.05) is 11.1 Å². The van der Waals surface area contributed by atoms with E-state index in [0.29, 0.717) is 28.8 Å². The van der Waals surface area contributed by atoms with Gasteiger partial charge < -0.3 is 15.4 Å². The Morgan fingerprint density at radius 2 is 2.03 bits per heavy atom. The molecule has 0 bridgehead atoms. The number of ether oxygens (including phenoxy) is 1. The Hall–Kier alpha value is -3.59. The van der Waals surface area contributed by atoms with Gasteiger partial charge in [-0.25, -0.2) is 0 Å². The molecule has 0 radical (unpaired) electrons. The number of hydrogen-bond donors (Lipinski definition) is 2. The summed E-state index contributed by atoms with van der Waals surface area (Å²) in [6, 6.07) is 15.0. The second-order valence-electron chi connectivity index (χ2n) is 8.03. The quantitative estimate of drug-likeness (QED) is 0.320. The standard InChI is InChI=1S/C25H27N5O3S/c1-3-13-30-22(15-33-19-8-6-7-17(2)14-19)28-29-25(30)34-16-23(31)27-21-10-5-4-9-20(21)24(32)26-18-11-12-18/h3-10,14,18H,1,11-13,15-16H2,2H3,(H,26,32)(H,27,31). The molecule has 2 aromatic carbocycles. The molecule has 0 aliphatic heterocycles. The zero-order valence-corrected chi connectivity index (χ0v) is 19.8. The third-order valence-corrected chi connectivity index (χ3v) is 6.12. The van der Waals surface area contributed by atoms with Crippen LogP contribution in [0.1, 0.15) is 34.6 Å². The van der Waals surface area contributed by atoms with Gasteiger partial charge >= 0.3 is 0 Å². The van der Waals surface area contributed by atoms with E-state index in [1.54, 1.807) is 30.3 Å². The molecule has 1 fully saturated rings. The van der Waals surface area contributed by atoms with Gasteiger partial charge in [0.05, 0.1) is 17.0 Å². The Bertz CT molecular complexity index is 1190. The topological polar surface area (TPSA) is 98.1 Å². The average Bonchev–Trinajstić information content (AvgIpc) is 3.56. The number of benzene rings is 2. The minimum absolute atomic E-state index is 0.118. The number of anilines is 1. The van der Waals surface area contributed by atoms with Crippen LogP contribution in [0.2, 0.25) is 0 Å². The lowest BCUT2D eigenvalue weighted by atomic mass is 10.1. The Kier molecular flexibility index (Phi) is 7.64. The van der Waals surface area contributed by atoms with Crippen LogP contribution in [-0.2, 0) is 17.9 Å². The van der Waals surface area contributed by atoms with E-state index in [9.17, 15) is 9.59 Å². The molecule has 0 spiro atoms. The van der Waals surface area contributed by atoms with Gasteiger partial charge in [-0.05, 0) is 49.6 Å². The van der Waals surface area contributed by atoms with Crippen molar-refractivity contribution >= 4 is 29.3 Å². The highest BCUT2D eigenvalue weighted by molar-refractivity contribution is 7.99. The molecule has 1 heterocycles. The third-order valence-electron chi connectivity index (χ3n) is 5.15. The fourth-order valence-corrected chi connectivity index (χ4v) is 4.06. The number of thioether (sulfide) groups is 1. The molecule has 1 aliphatic carbocycles. The first-order valence-corrected chi connectivity index (χ1v) is 12.1. The maximum absolute atomic E-state index is 12.6. The number of carbonyl (C=O) groups is 2. The highest BCUT2D eigenvalue weighted by Crippen LogP contribution is 2.23. The predicted octanol–water partition coefficient (Wildman–Crippen LogP) is 3.97. The molecule has 1 aromatic heterocycles. The summed E-state index contributed by atoms with van der Waals surface area (Å²) in [6.45, 7) is 6.56. The van der Waals surface area contributed by atoms with Gasteiger partial charge in [-0.15, -0.1) is 16.8 Å². The predicted molar refractivity (Wildman–Crippen MR) is 132 cm³/mol. The van der Waals surface area contributed by atoms with Crippen LogP contribution < -0.4 is 15.4 Å². The van der Waals surface area contributed by atoms with Gasteiger partial charge in [0.25, 0.3) is 5.91 Å². The van der Waals surface area contributed by atoms with E-state index in [-0.39, 0.29) is 30.2 Å². The molecule has 0 atom stereocenters. The van der Waals surface area contributed by atoms with Crippen molar-refractivity contribution in [3.05, 3.63) is 78.1 Å². The van der Waals surface area contributed by atoms with Gasteiger partial charge in [0, 0.05) is 12.6 Å². The summed E-state index contributed by atoms with van der Waals surface area (Å²) in [5.74, 6) is 1.11. The number of para-hydroxylation sites is 1. The van der Waals surface area contributed by atoms with E-state index in [0.717, 1.165) is 24.2 Å². The van der Waals surface area contributed by atoms with E-state index in [4.69, 9.17) is 4.74 Å². The largest absolute Gasteiger partial charge is 0.486 e. The number of aromatic nitrogens is 3. The molecule has 2 amide bonds. The number of carbonyl (C=O) groups excluding carboxylic acids is 2. The lowest BCUT2D eigenvalue weighted by Crippen LogP contribution is -2.27. The SMILES string of the molecule is C=CCn1c(COc2cccc(C)c2)nnc1SCC(=O)Nc1ccccc1C(=O)NC1CC1. The van der Waals surface area contributed by atoms with E-state index in [1.807, 2.05) is 35.8 Å². The van der Waals surface area contributed by atoms with Crippen LogP contribution >= 0.6 is 11.8 Å². The van der Waals surface area contributed by atoms with E-state index >= 15 is 0 Å². The van der Waals surface area contributed by atoms with Crippen LogP contribution in [0, 0.1) is 6.92 Å². The lowest BCUT2D eigenvalue weighted by Gasteiger charge is -2.11. The molecule has 0 saturated heterocycles. The zero-order valence-electron chi connectivity index (χ0n) is 19.0. The minimum atomic E-state index is -0.234. The van der Waals surface area contributed by atoms with Crippen molar-refractivity contribution in [1.29, 1.82) is 0 Å². The highest BCUT2D eigenvalue weighted by atomic mass is 32.2. The number of nitrogens with one attached hydrogen (secondary N) is 2. The maximum Gasteiger partial charge on any atom is 0.253 e. The summed E-state index contributed by atoms with van der Waals surface area (Å²) in [7, 11) is 0. The first-order chi connectivity index (χ1) is 16.5.